The standard InChI is InChI=1S/C21H21N3O4S/c1-13-10-14-6-4-5-7-16(14)24(13)19(25)12-29-21-23-22-20(28-21)15-8-9-17(26-2)18(11-15)27-3/h4-9,11,13H,10,12H2,1-3H3/t13-/m0/s1. The van der Waals surface area contributed by atoms with Gasteiger partial charge in [0.2, 0.25) is 11.8 Å². The fraction of sp³-hybridized carbons (Fsp3) is 0.286. The lowest BCUT2D eigenvalue weighted by Gasteiger charge is -2.22. The summed E-state index contributed by atoms with van der Waals surface area (Å²) < 4.78 is 16.3. The van der Waals surface area contributed by atoms with Crippen LogP contribution in [0.1, 0.15) is 12.5 Å². The van der Waals surface area contributed by atoms with Crippen molar-refractivity contribution in [3.8, 4) is 23.0 Å². The first-order valence-corrected chi connectivity index (χ1v) is 10.2. The van der Waals surface area contributed by atoms with Crippen molar-refractivity contribution < 1.29 is 18.7 Å². The Kier molecular flexibility index (Phi) is 5.44. The fourth-order valence-electron chi connectivity index (χ4n) is 3.49. The number of benzene rings is 2. The Morgan fingerprint density at radius 3 is 2.76 bits per heavy atom. The Hall–Kier alpha value is -3.00. The van der Waals surface area contributed by atoms with E-state index >= 15 is 0 Å². The summed E-state index contributed by atoms with van der Waals surface area (Å²) in [4.78, 5) is 14.7. The van der Waals surface area contributed by atoms with Crippen LogP contribution < -0.4 is 14.4 Å². The zero-order valence-electron chi connectivity index (χ0n) is 16.4. The van der Waals surface area contributed by atoms with Crippen LogP contribution in [-0.4, -0.2) is 42.1 Å². The number of thioether (sulfide) groups is 1. The number of methoxy groups -OCH3 is 2. The molecule has 0 radical (unpaired) electrons. The highest BCUT2D eigenvalue weighted by molar-refractivity contribution is 7.99. The summed E-state index contributed by atoms with van der Waals surface area (Å²) in [6, 6.07) is 13.5. The fourth-order valence-corrected chi connectivity index (χ4v) is 4.12. The summed E-state index contributed by atoms with van der Waals surface area (Å²) in [7, 11) is 3.15. The molecule has 4 rings (SSSR count). The number of hydrogen-bond acceptors (Lipinski definition) is 7. The first-order valence-electron chi connectivity index (χ1n) is 9.19. The van der Waals surface area contributed by atoms with E-state index in [4.69, 9.17) is 13.9 Å². The minimum Gasteiger partial charge on any atom is -0.493 e. The summed E-state index contributed by atoms with van der Waals surface area (Å²) in [6.07, 6.45) is 0.872. The number of hydrogen-bond donors (Lipinski definition) is 0. The molecule has 0 aliphatic carbocycles. The van der Waals surface area contributed by atoms with Crippen LogP contribution in [0.4, 0.5) is 5.69 Å². The van der Waals surface area contributed by atoms with E-state index in [1.54, 1.807) is 26.4 Å². The average Bonchev–Trinajstić information content (AvgIpc) is 3.35. The number of para-hydroxylation sites is 1. The van der Waals surface area contributed by atoms with Crippen molar-refractivity contribution in [3.05, 3.63) is 48.0 Å². The van der Waals surface area contributed by atoms with Gasteiger partial charge in [0.15, 0.2) is 11.5 Å². The molecule has 3 aromatic rings. The second-order valence-electron chi connectivity index (χ2n) is 6.68. The van der Waals surface area contributed by atoms with Crippen LogP contribution in [0.3, 0.4) is 0 Å². The highest BCUT2D eigenvalue weighted by Gasteiger charge is 2.30. The number of rotatable bonds is 6. The Balaban J connectivity index is 1.44. The summed E-state index contributed by atoms with van der Waals surface area (Å²) in [5.41, 5.74) is 2.91. The summed E-state index contributed by atoms with van der Waals surface area (Å²) in [5.74, 6) is 1.82. The molecule has 1 aromatic heterocycles. The predicted molar refractivity (Wildman–Crippen MR) is 111 cm³/mol. The zero-order chi connectivity index (χ0) is 20.4. The van der Waals surface area contributed by atoms with Crippen molar-refractivity contribution in [2.45, 2.75) is 24.6 Å². The second kappa shape index (κ2) is 8.16. The predicted octanol–water partition coefficient (Wildman–Crippen LogP) is 3.82. The second-order valence-corrected chi connectivity index (χ2v) is 7.60. The summed E-state index contributed by atoms with van der Waals surface area (Å²) >= 11 is 1.24. The van der Waals surface area contributed by atoms with Crippen LogP contribution in [0, 0.1) is 0 Å². The quantitative estimate of drug-likeness (QED) is 0.571. The third-order valence-corrected chi connectivity index (χ3v) is 5.64. The van der Waals surface area contributed by atoms with Crippen molar-refractivity contribution in [2.24, 2.45) is 0 Å². The van der Waals surface area contributed by atoms with Gasteiger partial charge in [-0.05, 0) is 43.2 Å². The number of ether oxygens (including phenoxy) is 2. The summed E-state index contributed by atoms with van der Waals surface area (Å²) in [6.45, 7) is 2.06. The molecule has 0 unspecified atom stereocenters. The van der Waals surface area contributed by atoms with E-state index in [9.17, 15) is 4.79 Å². The van der Waals surface area contributed by atoms with Crippen LogP contribution in [0.5, 0.6) is 11.5 Å². The molecule has 0 saturated heterocycles. The number of fused-ring (bicyclic) bond motifs is 1. The minimum atomic E-state index is 0.0262. The molecule has 0 bridgehead atoms. The van der Waals surface area contributed by atoms with E-state index in [-0.39, 0.29) is 17.7 Å². The van der Waals surface area contributed by atoms with Gasteiger partial charge in [0.25, 0.3) is 5.22 Å². The van der Waals surface area contributed by atoms with Crippen molar-refractivity contribution in [3.63, 3.8) is 0 Å². The van der Waals surface area contributed by atoms with Gasteiger partial charge in [-0.1, -0.05) is 30.0 Å². The van der Waals surface area contributed by atoms with Crippen LogP contribution in [-0.2, 0) is 11.2 Å². The van der Waals surface area contributed by atoms with E-state index in [1.165, 1.54) is 17.3 Å². The molecule has 1 atom stereocenters. The maximum Gasteiger partial charge on any atom is 0.277 e. The SMILES string of the molecule is COc1ccc(-c2nnc(SCC(=O)N3c4ccccc4C[C@@H]3C)o2)cc1OC. The molecule has 7 nitrogen and oxygen atoms in total. The molecule has 1 amide bonds. The highest BCUT2D eigenvalue weighted by Crippen LogP contribution is 2.34. The molecule has 1 aliphatic rings. The number of amides is 1. The lowest BCUT2D eigenvalue weighted by Crippen LogP contribution is -2.36. The molecule has 2 heterocycles. The van der Waals surface area contributed by atoms with Crippen molar-refractivity contribution >= 4 is 23.4 Å². The monoisotopic (exact) mass is 411 g/mol. The van der Waals surface area contributed by atoms with E-state index in [1.807, 2.05) is 29.2 Å². The molecule has 8 heteroatoms. The Morgan fingerprint density at radius 2 is 1.97 bits per heavy atom. The van der Waals surface area contributed by atoms with Crippen LogP contribution in [0.25, 0.3) is 11.5 Å². The number of anilines is 1. The van der Waals surface area contributed by atoms with Crippen molar-refractivity contribution in [1.29, 1.82) is 0 Å². The lowest BCUT2D eigenvalue weighted by atomic mass is 10.1. The molecule has 0 fully saturated rings. The molecule has 2 aromatic carbocycles. The van der Waals surface area contributed by atoms with E-state index in [0.717, 1.165) is 17.7 Å². The molecule has 0 N–H and O–H groups in total. The number of nitrogens with zero attached hydrogens (tertiary/aromatic N) is 3. The summed E-state index contributed by atoms with van der Waals surface area (Å²) in [5, 5.41) is 8.49. The number of carbonyl (C=O) groups excluding carboxylic acids is 1. The first kappa shape index (κ1) is 19.3. The van der Waals surface area contributed by atoms with Gasteiger partial charge in [-0.2, -0.15) is 0 Å². The van der Waals surface area contributed by atoms with Gasteiger partial charge in [0.05, 0.1) is 20.0 Å². The van der Waals surface area contributed by atoms with Gasteiger partial charge in [-0.25, -0.2) is 0 Å². The number of aromatic nitrogens is 2. The molecule has 29 heavy (non-hydrogen) atoms. The van der Waals surface area contributed by atoms with Gasteiger partial charge in [0, 0.05) is 17.3 Å². The van der Waals surface area contributed by atoms with E-state index in [0.29, 0.717) is 22.6 Å². The van der Waals surface area contributed by atoms with E-state index < -0.39 is 0 Å². The normalized spacial score (nSPS) is 15.3. The van der Waals surface area contributed by atoms with Gasteiger partial charge < -0.3 is 18.8 Å². The maximum atomic E-state index is 12.8. The third-order valence-electron chi connectivity index (χ3n) is 4.83. The Bertz CT molecular complexity index is 1040. The van der Waals surface area contributed by atoms with Crippen molar-refractivity contribution in [2.75, 3.05) is 24.9 Å². The van der Waals surface area contributed by atoms with Gasteiger partial charge >= 0.3 is 0 Å². The molecular formula is C21H21N3O4S. The highest BCUT2D eigenvalue weighted by atomic mass is 32.2. The lowest BCUT2D eigenvalue weighted by molar-refractivity contribution is -0.116. The molecular weight excluding hydrogens is 390 g/mol. The Labute approximate surface area is 173 Å². The van der Waals surface area contributed by atoms with Crippen LogP contribution in [0.15, 0.2) is 52.1 Å². The van der Waals surface area contributed by atoms with Crippen LogP contribution >= 0.6 is 11.8 Å². The third kappa shape index (κ3) is 3.80. The van der Waals surface area contributed by atoms with E-state index in [2.05, 4.69) is 23.2 Å². The topological polar surface area (TPSA) is 77.7 Å². The first-order chi connectivity index (χ1) is 14.1. The van der Waals surface area contributed by atoms with Gasteiger partial charge in [0.1, 0.15) is 0 Å². The molecule has 150 valence electrons. The maximum absolute atomic E-state index is 12.8. The molecule has 0 spiro atoms. The van der Waals surface area contributed by atoms with Gasteiger partial charge in [-0.15, -0.1) is 10.2 Å². The largest absolute Gasteiger partial charge is 0.493 e. The van der Waals surface area contributed by atoms with Gasteiger partial charge in [-0.3, -0.25) is 4.79 Å². The smallest absolute Gasteiger partial charge is 0.277 e. The van der Waals surface area contributed by atoms with Crippen molar-refractivity contribution in [1.82, 2.24) is 10.2 Å². The molecule has 1 aliphatic heterocycles. The minimum absolute atomic E-state index is 0.0262. The average molecular weight is 411 g/mol. The van der Waals surface area contributed by atoms with Crippen LogP contribution in [0.2, 0.25) is 0 Å². The number of carbonyl (C=O) groups is 1. The molecule has 0 saturated carbocycles. The Morgan fingerprint density at radius 1 is 1.17 bits per heavy atom. The zero-order valence-corrected chi connectivity index (χ0v) is 17.2.